The molecular weight excluding hydrogens is 634 g/mol. The van der Waals surface area contributed by atoms with E-state index in [2.05, 4.69) is 39.0 Å². The van der Waals surface area contributed by atoms with Gasteiger partial charge in [0.2, 0.25) is 0 Å². The summed E-state index contributed by atoms with van der Waals surface area (Å²) in [7, 11) is 7.00. The Morgan fingerprint density at radius 1 is 0.721 bits per heavy atom. The molecule has 0 atom stereocenters. The van der Waals surface area contributed by atoms with Gasteiger partial charge in [0, 0.05) is 42.2 Å². The number of methoxy groups -OCH3 is 2. The number of anilines is 4. The summed E-state index contributed by atoms with van der Waals surface area (Å²) >= 11 is 13.8. The van der Waals surface area contributed by atoms with Crippen LogP contribution >= 0.6 is 38.9 Å². The number of carbonyl (C=O) groups excluding carboxylic acids is 2. The number of ether oxygens (including phenoxy) is 2. The molecule has 4 rings (SSSR count). The highest BCUT2D eigenvalue weighted by atomic mass is 36.0. The molecule has 13 heteroatoms. The minimum Gasteiger partial charge on any atom is -0.495 e. The molecule has 0 aromatic heterocycles. The van der Waals surface area contributed by atoms with Crippen LogP contribution in [-0.2, 0) is 4.57 Å². The topological polar surface area (TPSA) is 137 Å². The standard InChI is InChI=1S/C16H18N2O2.C14H14N2O2.Cl3OP/c1-18(2)13-7-4-11(5-8-13)16(19)12-6-9-15(20-3)14(17)10-12;1-18-13-8-7-10(9-12(13)15)14(17)16-11-5-3-2-4-6-11;1-5(2,3)4/h4-10H,17H2,1-3H3;2-9H,15H2,1H3,(H,16,17);. The monoisotopic (exact) mass is 664 g/mol. The first-order valence-electron chi connectivity index (χ1n) is 12.5. The maximum Gasteiger partial charge on any atom is 0.339 e. The lowest BCUT2D eigenvalue weighted by atomic mass is 10.0. The fourth-order valence-electron chi connectivity index (χ4n) is 3.55. The Labute approximate surface area is 265 Å². The van der Waals surface area contributed by atoms with Crippen molar-refractivity contribution in [1.82, 2.24) is 0 Å². The van der Waals surface area contributed by atoms with Crippen LogP contribution in [0.3, 0.4) is 0 Å². The third kappa shape index (κ3) is 12.1. The molecule has 4 aromatic rings. The summed E-state index contributed by atoms with van der Waals surface area (Å²) in [6, 6.07) is 26.7. The highest BCUT2D eigenvalue weighted by molar-refractivity contribution is 8.24. The van der Waals surface area contributed by atoms with Gasteiger partial charge in [0.05, 0.1) is 25.6 Å². The third-order valence-corrected chi connectivity index (χ3v) is 5.66. The Bertz CT molecular complexity index is 1560. The zero-order valence-corrected chi connectivity index (χ0v) is 27.0. The van der Waals surface area contributed by atoms with Gasteiger partial charge in [-0.1, -0.05) is 18.2 Å². The second kappa shape index (κ2) is 16.7. The van der Waals surface area contributed by atoms with Crippen molar-refractivity contribution in [1.29, 1.82) is 0 Å². The van der Waals surface area contributed by atoms with Crippen LogP contribution in [0.15, 0.2) is 91.0 Å². The molecule has 43 heavy (non-hydrogen) atoms. The van der Waals surface area contributed by atoms with Gasteiger partial charge < -0.3 is 31.2 Å². The molecule has 0 saturated heterocycles. The quantitative estimate of drug-likeness (QED) is 0.103. The Morgan fingerprint density at radius 3 is 1.60 bits per heavy atom. The minimum absolute atomic E-state index is 0.0512. The molecule has 0 saturated carbocycles. The third-order valence-electron chi connectivity index (χ3n) is 5.66. The molecule has 1 amide bonds. The van der Waals surface area contributed by atoms with Crippen molar-refractivity contribution < 1.29 is 23.6 Å². The van der Waals surface area contributed by atoms with Gasteiger partial charge in [0.1, 0.15) is 11.5 Å². The van der Waals surface area contributed by atoms with E-state index in [0.29, 0.717) is 39.6 Å². The van der Waals surface area contributed by atoms with Gasteiger partial charge in [0.15, 0.2) is 5.78 Å². The Balaban J connectivity index is 0.000000261. The van der Waals surface area contributed by atoms with Gasteiger partial charge in [-0.2, -0.15) is 0 Å². The molecule has 5 N–H and O–H groups in total. The van der Waals surface area contributed by atoms with Gasteiger partial charge in [-0.05, 0) is 107 Å². The number of hydrogen-bond donors (Lipinski definition) is 3. The predicted molar refractivity (Wildman–Crippen MR) is 179 cm³/mol. The Hall–Kier alpha value is -3.88. The van der Waals surface area contributed by atoms with E-state index in [1.807, 2.05) is 73.6 Å². The number of amides is 1. The number of hydrogen-bond acceptors (Lipinski definition) is 8. The van der Waals surface area contributed by atoms with Crippen molar-refractivity contribution in [2.24, 2.45) is 0 Å². The molecule has 0 unspecified atom stereocenters. The van der Waals surface area contributed by atoms with E-state index < -0.39 is 5.20 Å². The summed E-state index contributed by atoms with van der Waals surface area (Å²) in [4.78, 5) is 26.3. The molecule has 0 radical (unpaired) electrons. The summed E-state index contributed by atoms with van der Waals surface area (Å²) in [5, 5.41) is -0.435. The average molecular weight is 666 g/mol. The van der Waals surface area contributed by atoms with Crippen LogP contribution in [0, 0.1) is 0 Å². The summed E-state index contributed by atoms with van der Waals surface area (Å²) in [6.07, 6.45) is 0. The maximum atomic E-state index is 12.4. The van der Waals surface area contributed by atoms with Crippen molar-refractivity contribution in [3.63, 3.8) is 0 Å². The van der Waals surface area contributed by atoms with E-state index in [0.717, 1.165) is 11.4 Å². The van der Waals surface area contributed by atoms with E-state index in [-0.39, 0.29) is 11.7 Å². The van der Waals surface area contributed by atoms with Gasteiger partial charge >= 0.3 is 5.20 Å². The smallest absolute Gasteiger partial charge is 0.339 e. The van der Waals surface area contributed by atoms with Crippen LogP contribution in [-0.4, -0.2) is 40.0 Å². The summed E-state index contributed by atoms with van der Waals surface area (Å²) in [5.41, 5.74) is 16.0. The van der Waals surface area contributed by atoms with Crippen molar-refractivity contribution in [2.75, 3.05) is 50.0 Å². The number of ketones is 1. The lowest BCUT2D eigenvalue weighted by molar-refractivity contribution is 0.102. The van der Waals surface area contributed by atoms with Crippen LogP contribution in [0.25, 0.3) is 0 Å². The lowest BCUT2D eigenvalue weighted by Gasteiger charge is -2.12. The van der Waals surface area contributed by atoms with Crippen LogP contribution < -0.4 is 31.2 Å². The number of para-hydroxylation sites is 1. The molecular formula is C30H32Cl3N4O5P. The number of nitrogen functional groups attached to an aromatic ring is 2. The molecule has 0 bridgehead atoms. The van der Waals surface area contributed by atoms with Gasteiger partial charge in [0.25, 0.3) is 5.91 Å². The summed E-state index contributed by atoms with van der Waals surface area (Å²) in [5.74, 6) is 0.885. The average Bonchev–Trinajstić information content (AvgIpc) is 2.96. The highest BCUT2D eigenvalue weighted by Crippen LogP contribution is 2.61. The molecule has 0 aliphatic heterocycles. The van der Waals surface area contributed by atoms with Crippen molar-refractivity contribution in [2.45, 2.75) is 0 Å². The fraction of sp³-hybridized carbons (Fsp3) is 0.133. The van der Waals surface area contributed by atoms with Crippen LogP contribution in [0.5, 0.6) is 11.5 Å². The van der Waals surface area contributed by atoms with E-state index in [1.54, 1.807) is 43.5 Å². The fourth-order valence-corrected chi connectivity index (χ4v) is 3.55. The SMILES string of the molecule is COc1ccc(C(=O)Nc2ccccc2)cc1N.COc1ccc(C(=O)c2ccc(N(C)C)cc2)cc1N.O=P(Cl)(Cl)Cl. The molecule has 4 aromatic carbocycles. The first-order valence-corrected chi connectivity index (χ1v) is 16.9. The summed E-state index contributed by atoms with van der Waals surface area (Å²) < 4.78 is 19.6. The van der Waals surface area contributed by atoms with Gasteiger partial charge in [-0.15, -0.1) is 0 Å². The van der Waals surface area contributed by atoms with Crippen molar-refractivity contribution in [3.8, 4) is 11.5 Å². The van der Waals surface area contributed by atoms with E-state index in [1.165, 1.54) is 7.11 Å². The first kappa shape index (κ1) is 35.3. The van der Waals surface area contributed by atoms with Crippen molar-refractivity contribution >= 4 is 73.4 Å². The van der Waals surface area contributed by atoms with Gasteiger partial charge in [-0.25, -0.2) is 0 Å². The number of halogens is 3. The molecule has 0 heterocycles. The Morgan fingerprint density at radius 2 is 1.16 bits per heavy atom. The maximum absolute atomic E-state index is 12.4. The zero-order chi connectivity index (χ0) is 32.2. The van der Waals surface area contributed by atoms with E-state index in [4.69, 9.17) is 20.9 Å². The van der Waals surface area contributed by atoms with Gasteiger partial charge in [-0.3, -0.25) is 14.2 Å². The second-order valence-electron chi connectivity index (χ2n) is 8.90. The molecule has 0 aliphatic carbocycles. The normalized spacial score (nSPS) is 10.2. The van der Waals surface area contributed by atoms with Crippen LogP contribution in [0.4, 0.5) is 22.7 Å². The predicted octanol–water partition coefficient (Wildman–Crippen LogP) is 7.92. The van der Waals surface area contributed by atoms with Crippen LogP contribution in [0.1, 0.15) is 26.3 Å². The Kier molecular flexibility index (Phi) is 13.7. The van der Waals surface area contributed by atoms with Crippen molar-refractivity contribution in [3.05, 3.63) is 108 Å². The number of nitrogens with two attached hydrogens (primary N) is 2. The molecule has 228 valence electrons. The molecule has 0 fully saturated rings. The number of nitrogens with zero attached hydrogens (tertiary/aromatic N) is 1. The minimum atomic E-state index is -3.22. The highest BCUT2D eigenvalue weighted by Gasteiger charge is 2.12. The zero-order valence-electron chi connectivity index (χ0n) is 23.9. The first-order chi connectivity index (χ1) is 20.2. The molecule has 0 aliphatic rings. The van der Waals surface area contributed by atoms with Crippen LogP contribution in [0.2, 0.25) is 0 Å². The largest absolute Gasteiger partial charge is 0.495 e. The van der Waals surface area contributed by atoms with E-state index in [9.17, 15) is 14.2 Å². The lowest BCUT2D eigenvalue weighted by Crippen LogP contribution is -2.12. The number of benzene rings is 4. The van der Waals surface area contributed by atoms with E-state index >= 15 is 0 Å². The number of rotatable bonds is 7. The second-order valence-corrected chi connectivity index (χ2v) is 15.5. The number of nitrogens with one attached hydrogen (secondary N) is 1. The molecule has 9 nitrogen and oxygen atoms in total. The number of carbonyl (C=O) groups is 2. The molecule has 0 spiro atoms. The summed E-state index contributed by atoms with van der Waals surface area (Å²) in [6.45, 7) is 0.